The minimum Gasteiger partial charge on any atom is -0.345 e. The highest BCUT2D eigenvalue weighted by molar-refractivity contribution is 6.30. The zero-order valence-electron chi connectivity index (χ0n) is 12.7. The molecular formula is C17H14ClN3O2. The van der Waals surface area contributed by atoms with Gasteiger partial charge >= 0.3 is 0 Å². The number of carbonyl (C=O) groups excluding carboxylic acids is 1. The van der Waals surface area contributed by atoms with Crippen LogP contribution < -0.4 is 0 Å². The highest BCUT2D eigenvalue weighted by Crippen LogP contribution is 2.26. The van der Waals surface area contributed by atoms with E-state index in [4.69, 9.17) is 16.1 Å². The molecule has 0 radical (unpaired) electrons. The second-order valence-electron chi connectivity index (χ2n) is 5.18. The predicted octanol–water partition coefficient (Wildman–Crippen LogP) is 3.76. The maximum absolute atomic E-state index is 12.3. The normalized spacial score (nSPS) is 10.6. The molecule has 0 N–H and O–H groups in total. The van der Waals surface area contributed by atoms with Gasteiger partial charge in [-0.1, -0.05) is 28.9 Å². The Morgan fingerprint density at radius 3 is 2.48 bits per heavy atom. The fourth-order valence-corrected chi connectivity index (χ4v) is 2.27. The van der Waals surface area contributed by atoms with Crippen molar-refractivity contribution in [2.24, 2.45) is 0 Å². The number of hydrogen-bond acceptors (Lipinski definition) is 4. The molecular weight excluding hydrogens is 314 g/mol. The standard InChI is InChI=1S/C17H14ClN3O2/c1-21(2)17(22)14-6-4-3-5-13(14)16-19-15(20-23-16)11-7-9-12(18)10-8-11/h3-10H,1-2H3. The van der Waals surface area contributed by atoms with Crippen molar-refractivity contribution < 1.29 is 9.32 Å². The molecule has 0 unspecified atom stereocenters. The topological polar surface area (TPSA) is 59.2 Å². The first kappa shape index (κ1) is 15.2. The molecule has 116 valence electrons. The Morgan fingerprint density at radius 2 is 1.78 bits per heavy atom. The van der Waals surface area contributed by atoms with Crippen LogP contribution in [0.25, 0.3) is 22.8 Å². The number of rotatable bonds is 3. The maximum Gasteiger partial charge on any atom is 0.259 e. The van der Waals surface area contributed by atoms with Crippen LogP contribution >= 0.6 is 11.6 Å². The monoisotopic (exact) mass is 327 g/mol. The Hall–Kier alpha value is -2.66. The number of amides is 1. The van der Waals surface area contributed by atoms with Crippen LogP contribution in [0.4, 0.5) is 0 Å². The van der Waals surface area contributed by atoms with Gasteiger partial charge in [0.25, 0.3) is 11.8 Å². The highest BCUT2D eigenvalue weighted by atomic mass is 35.5. The van der Waals surface area contributed by atoms with Gasteiger partial charge in [-0.3, -0.25) is 4.79 Å². The Labute approximate surface area is 138 Å². The van der Waals surface area contributed by atoms with E-state index in [1.165, 1.54) is 4.90 Å². The van der Waals surface area contributed by atoms with Gasteiger partial charge in [0.1, 0.15) is 0 Å². The lowest BCUT2D eigenvalue weighted by Gasteiger charge is -2.11. The third-order valence-electron chi connectivity index (χ3n) is 3.32. The molecule has 0 aliphatic rings. The van der Waals surface area contributed by atoms with Crippen LogP contribution in [0, 0.1) is 0 Å². The van der Waals surface area contributed by atoms with E-state index in [9.17, 15) is 4.79 Å². The zero-order chi connectivity index (χ0) is 16.4. The molecule has 0 bridgehead atoms. The third kappa shape index (κ3) is 3.10. The summed E-state index contributed by atoms with van der Waals surface area (Å²) in [4.78, 5) is 18.2. The largest absolute Gasteiger partial charge is 0.345 e. The Bertz CT molecular complexity index is 841. The van der Waals surface area contributed by atoms with Crippen molar-refractivity contribution in [3.8, 4) is 22.8 Å². The van der Waals surface area contributed by atoms with Gasteiger partial charge in [-0.25, -0.2) is 0 Å². The van der Waals surface area contributed by atoms with Crippen LogP contribution in [0.2, 0.25) is 5.02 Å². The second kappa shape index (κ2) is 6.22. The molecule has 5 nitrogen and oxygen atoms in total. The van der Waals surface area contributed by atoms with Crippen molar-refractivity contribution >= 4 is 17.5 Å². The molecule has 3 aromatic rings. The van der Waals surface area contributed by atoms with E-state index in [0.717, 1.165) is 5.56 Å². The average Bonchev–Trinajstić information content (AvgIpc) is 3.04. The highest BCUT2D eigenvalue weighted by Gasteiger charge is 2.18. The van der Waals surface area contributed by atoms with Crippen LogP contribution in [-0.4, -0.2) is 35.0 Å². The molecule has 0 spiro atoms. The molecule has 0 saturated carbocycles. The van der Waals surface area contributed by atoms with Gasteiger partial charge in [0, 0.05) is 24.7 Å². The third-order valence-corrected chi connectivity index (χ3v) is 3.57. The number of carbonyl (C=O) groups is 1. The maximum atomic E-state index is 12.3. The lowest BCUT2D eigenvalue weighted by molar-refractivity contribution is 0.0828. The Morgan fingerprint density at radius 1 is 1.09 bits per heavy atom. The molecule has 23 heavy (non-hydrogen) atoms. The summed E-state index contributed by atoms with van der Waals surface area (Å²) in [6.07, 6.45) is 0. The first-order valence-electron chi connectivity index (χ1n) is 6.97. The van der Waals surface area contributed by atoms with Crippen LogP contribution in [0.15, 0.2) is 53.1 Å². The van der Waals surface area contributed by atoms with Gasteiger partial charge in [0.2, 0.25) is 5.82 Å². The molecule has 0 saturated heterocycles. The molecule has 1 amide bonds. The van der Waals surface area contributed by atoms with Crippen molar-refractivity contribution in [2.75, 3.05) is 14.1 Å². The first-order valence-corrected chi connectivity index (χ1v) is 7.35. The smallest absolute Gasteiger partial charge is 0.259 e. The van der Waals surface area contributed by atoms with E-state index in [2.05, 4.69) is 10.1 Å². The molecule has 6 heteroatoms. The van der Waals surface area contributed by atoms with E-state index in [1.807, 2.05) is 18.2 Å². The van der Waals surface area contributed by atoms with Crippen LogP contribution in [0.1, 0.15) is 10.4 Å². The summed E-state index contributed by atoms with van der Waals surface area (Å²) < 4.78 is 5.34. The fraction of sp³-hybridized carbons (Fsp3) is 0.118. The van der Waals surface area contributed by atoms with Crippen molar-refractivity contribution in [3.05, 3.63) is 59.1 Å². The van der Waals surface area contributed by atoms with E-state index in [0.29, 0.717) is 27.9 Å². The Kier molecular flexibility index (Phi) is 4.12. The molecule has 1 heterocycles. The number of hydrogen-bond donors (Lipinski definition) is 0. The lowest BCUT2D eigenvalue weighted by Crippen LogP contribution is -2.22. The summed E-state index contributed by atoms with van der Waals surface area (Å²) in [5.74, 6) is 0.636. The van der Waals surface area contributed by atoms with Crippen molar-refractivity contribution in [1.29, 1.82) is 0 Å². The van der Waals surface area contributed by atoms with Gasteiger partial charge in [-0.15, -0.1) is 0 Å². The van der Waals surface area contributed by atoms with Crippen molar-refractivity contribution in [3.63, 3.8) is 0 Å². The van der Waals surface area contributed by atoms with Crippen molar-refractivity contribution in [1.82, 2.24) is 15.0 Å². The van der Waals surface area contributed by atoms with Gasteiger partial charge in [0.05, 0.1) is 11.1 Å². The van der Waals surface area contributed by atoms with Crippen LogP contribution in [-0.2, 0) is 0 Å². The summed E-state index contributed by atoms with van der Waals surface area (Å²) in [7, 11) is 3.40. The molecule has 3 rings (SSSR count). The van der Waals surface area contributed by atoms with Gasteiger partial charge in [-0.05, 0) is 36.4 Å². The van der Waals surface area contributed by atoms with E-state index in [1.54, 1.807) is 44.4 Å². The molecule has 1 aromatic heterocycles. The van der Waals surface area contributed by atoms with E-state index >= 15 is 0 Å². The number of aromatic nitrogens is 2. The first-order chi connectivity index (χ1) is 11.1. The van der Waals surface area contributed by atoms with Crippen LogP contribution in [0.5, 0.6) is 0 Å². The molecule has 0 atom stereocenters. The number of benzene rings is 2. The van der Waals surface area contributed by atoms with E-state index in [-0.39, 0.29) is 5.91 Å². The number of halogens is 1. The van der Waals surface area contributed by atoms with Gasteiger partial charge < -0.3 is 9.42 Å². The minimum atomic E-state index is -0.119. The molecule has 0 fully saturated rings. The summed E-state index contributed by atoms with van der Waals surface area (Å²) in [6, 6.07) is 14.3. The molecule has 0 aliphatic carbocycles. The molecule has 2 aromatic carbocycles. The summed E-state index contributed by atoms with van der Waals surface area (Å²) >= 11 is 5.88. The van der Waals surface area contributed by atoms with Crippen molar-refractivity contribution in [2.45, 2.75) is 0 Å². The van der Waals surface area contributed by atoms with E-state index < -0.39 is 0 Å². The van der Waals surface area contributed by atoms with Crippen LogP contribution in [0.3, 0.4) is 0 Å². The quantitative estimate of drug-likeness (QED) is 0.735. The van der Waals surface area contributed by atoms with Gasteiger partial charge in [0.15, 0.2) is 0 Å². The minimum absolute atomic E-state index is 0.119. The predicted molar refractivity (Wildman–Crippen MR) is 88.2 cm³/mol. The lowest BCUT2D eigenvalue weighted by atomic mass is 10.1. The summed E-state index contributed by atoms with van der Waals surface area (Å²) in [5, 5.41) is 4.62. The van der Waals surface area contributed by atoms with Gasteiger partial charge in [-0.2, -0.15) is 4.98 Å². The summed E-state index contributed by atoms with van der Waals surface area (Å²) in [5.41, 5.74) is 1.92. The second-order valence-corrected chi connectivity index (χ2v) is 5.61. The average molecular weight is 328 g/mol. The SMILES string of the molecule is CN(C)C(=O)c1ccccc1-c1nc(-c2ccc(Cl)cc2)no1. The summed E-state index contributed by atoms with van der Waals surface area (Å²) in [6.45, 7) is 0. The number of nitrogens with zero attached hydrogens (tertiary/aromatic N) is 3. The zero-order valence-corrected chi connectivity index (χ0v) is 13.4. The molecule has 0 aliphatic heterocycles. The Balaban J connectivity index is 2.01. The fourth-order valence-electron chi connectivity index (χ4n) is 2.15.